The molecule has 9 heteroatoms. The van der Waals surface area contributed by atoms with Gasteiger partial charge in [-0.2, -0.15) is 4.98 Å². The lowest BCUT2D eigenvalue weighted by Crippen LogP contribution is -2.45. The zero-order chi connectivity index (χ0) is 25.4. The standard InChI is InChI=1S/C27H36N8O/c1-18-15-20(7-8-21(18)35-13-11-33(5)12-14-35)29-26-28-16-19(2)24(32-26)30-23-10-9-22-25(31-23)34(6)17-27(3,4)36-22/h7-10,15-16H,11-14,17H2,1-6H3,(H2,28,29,30,31,32). The summed E-state index contributed by atoms with van der Waals surface area (Å²) in [5.74, 6) is 3.57. The summed E-state index contributed by atoms with van der Waals surface area (Å²) < 4.78 is 6.09. The average Bonchev–Trinajstić information content (AvgIpc) is 2.82. The van der Waals surface area contributed by atoms with Crippen LogP contribution >= 0.6 is 0 Å². The molecule has 0 atom stereocenters. The minimum atomic E-state index is -0.247. The molecule has 0 unspecified atom stereocenters. The molecule has 0 radical (unpaired) electrons. The van der Waals surface area contributed by atoms with Crippen LogP contribution < -0.4 is 25.2 Å². The molecule has 36 heavy (non-hydrogen) atoms. The lowest BCUT2D eigenvalue weighted by atomic mass is 10.1. The van der Waals surface area contributed by atoms with Gasteiger partial charge in [0.1, 0.15) is 17.2 Å². The van der Waals surface area contributed by atoms with Gasteiger partial charge in [0, 0.05) is 56.4 Å². The molecule has 5 rings (SSSR count). The number of hydrogen-bond acceptors (Lipinski definition) is 9. The van der Waals surface area contributed by atoms with Crippen LogP contribution in [-0.2, 0) is 0 Å². The first-order valence-electron chi connectivity index (χ1n) is 12.5. The number of pyridine rings is 1. The summed E-state index contributed by atoms with van der Waals surface area (Å²) in [6.45, 7) is 13.4. The number of fused-ring (bicyclic) bond motifs is 1. The molecule has 0 amide bonds. The highest BCUT2D eigenvalue weighted by Crippen LogP contribution is 2.36. The summed E-state index contributed by atoms with van der Waals surface area (Å²) in [4.78, 5) is 21.0. The Morgan fingerprint density at radius 3 is 2.44 bits per heavy atom. The highest BCUT2D eigenvalue weighted by Gasteiger charge is 2.31. The minimum Gasteiger partial charge on any atom is -0.482 e. The topological polar surface area (TPSA) is 81.7 Å². The van der Waals surface area contributed by atoms with Crippen LogP contribution in [0.15, 0.2) is 36.5 Å². The van der Waals surface area contributed by atoms with E-state index in [1.54, 1.807) is 0 Å². The van der Waals surface area contributed by atoms with Crippen molar-refractivity contribution < 1.29 is 4.74 Å². The number of aromatic nitrogens is 3. The van der Waals surface area contributed by atoms with E-state index in [1.165, 1.54) is 11.3 Å². The highest BCUT2D eigenvalue weighted by molar-refractivity contribution is 5.66. The quantitative estimate of drug-likeness (QED) is 0.545. The van der Waals surface area contributed by atoms with Gasteiger partial charge in [0.2, 0.25) is 5.95 Å². The van der Waals surface area contributed by atoms with Crippen LogP contribution in [0.4, 0.5) is 34.8 Å². The molecule has 9 nitrogen and oxygen atoms in total. The second kappa shape index (κ2) is 9.46. The van der Waals surface area contributed by atoms with E-state index in [4.69, 9.17) is 14.7 Å². The smallest absolute Gasteiger partial charge is 0.229 e. The monoisotopic (exact) mass is 488 g/mol. The van der Waals surface area contributed by atoms with E-state index in [2.05, 4.69) is 76.3 Å². The van der Waals surface area contributed by atoms with Crippen molar-refractivity contribution in [3.63, 3.8) is 0 Å². The first-order valence-corrected chi connectivity index (χ1v) is 12.5. The van der Waals surface area contributed by atoms with Crippen LogP contribution in [0, 0.1) is 13.8 Å². The number of likely N-dealkylation sites (N-methyl/N-ethyl adjacent to an activating group) is 2. The second-order valence-corrected chi connectivity index (χ2v) is 10.5. The normalized spacial score (nSPS) is 17.4. The maximum absolute atomic E-state index is 6.09. The molecule has 4 heterocycles. The van der Waals surface area contributed by atoms with E-state index in [-0.39, 0.29) is 5.60 Å². The molecule has 0 bridgehead atoms. The van der Waals surface area contributed by atoms with Crippen LogP contribution in [0.1, 0.15) is 25.0 Å². The Morgan fingerprint density at radius 1 is 0.917 bits per heavy atom. The predicted octanol–water partition coefficient (Wildman–Crippen LogP) is 4.33. The van der Waals surface area contributed by atoms with Gasteiger partial charge in [-0.15, -0.1) is 0 Å². The average molecular weight is 489 g/mol. The van der Waals surface area contributed by atoms with Gasteiger partial charge in [-0.3, -0.25) is 0 Å². The van der Waals surface area contributed by atoms with Crippen molar-refractivity contribution in [3.8, 4) is 5.75 Å². The molecular weight excluding hydrogens is 452 g/mol. The lowest BCUT2D eigenvalue weighted by Gasteiger charge is -2.38. The molecule has 0 saturated carbocycles. The van der Waals surface area contributed by atoms with Crippen molar-refractivity contribution >= 4 is 34.8 Å². The molecule has 1 saturated heterocycles. The van der Waals surface area contributed by atoms with Crippen molar-refractivity contribution in [2.24, 2.45) is 0 Å². The molecule has 1 fully saturated rings. The molecular formula is C27H36N8O. The van der Waals surface area contributed by atoms with Crippen molar-refractivity contribution in [1.29, 1.82) is 0 Å². The first-order chi connectivity index (χ1) is 17.2. The SMILES string of the molecule is Cc1cc(Nc2ncc(C)c(Nc3ccc4c(n3)N(C)CC(C)(C)O4)n2)ccc1N1CCN(C)CC1. The van der Waals surface area contributed by atoms with Gasteiger partial charge in [-0.1, -0.05) is 0 Å². The predicted molar refractivity (Wildman–Crippen MR) is 146 cm³/mol. The number of rotatable bonds is 5. The third kappa shape index (κ3) is 5.16. The number of anilines is 6. The first kappa shape index (κ1) is 24.1. The maximum Gasteiger partial charge on any atom is 0.229 e. The molecule has 2 aliphatic heterocycles. The van der Waals surface area contributed by atoms with Gasteiger partial charge in [0.25, 0.3) is 0 Å². The number of hydrogen-bond donors (Lipinski definition) is 2. The molecule has 0 aliphatic carbocycles. The van der Waals surface area contributed by atoms with E-state index < -0.39 is 0 Å². The van der Waals surface area contributed by atoms with Gasteiger partial charge in [0.05, 0.1) is 6.54 Å². The van der Waals surface area contributed by atoms with E-state index in [0.717, 1.165) is 55.5 Å². The van der Waals surface area contributed by atoms with Crippen molar-refractivity contribution in [2.75, 3.05) is 67.3 Å². The second-order valence-electron chi connectivity index (χ2n) is 10.5. The third-order valence-corrected chi connectivity index (χ3v) is 6.72. The Kier molecular flexibility index (Phi) is 6.34. The number of nitrogens with one attached hydrogen (secondary N) is 2. The fourth-order valence-electron chi connectivity index (χ4n) is 4.85. The third-order valence-electron chi connectivity index (χ3n) is 6.72. The number of benzene rings is 1. The van der Waals surface area contributed by atoms with Crippen molar-refractivity contribution in [2.45, 2.75) is 33.3 Å². The van der Waals surface area contributed by atoms with E-state index in [1.807, 2.05) is 32.3 Å². The summed E-state index contributed by atoms with van der Waals surface area (Å²) >= 11 is 0. The Labute approximate surface area is 213 Å². The Balaban J connectivity index is 1.31. The van der Waals surface area contributed by atoms with Crippen molar-refractivity contribution in [1.82, 2.24) is 19.9 Å². The van der Waals surface area contributed by atoms with Crippen LogP contribution in [0.5, 0.6) is 5.75 Å². The fraction of sp³-hybridized carbons (Fsp3) is 0.444. The molecule has 0 spiro atoms. The summed E-state index contributed by atoms with van der Waals surface area (Å²) in [6.07, 6.45) is 1.82. The van der Waals surface area contributed by atoms with Crippen molar-refractivity contribution in [3.05, 3.63) is 47.7 Å². The van der Waals surface area contributed by atoms with E-state index in [0.29, 0.717) is 17.6 Å². The van der Waals surface area contributed by atoms with E-state index in [9.17, 15) is 0 Å². The maximum atomic E-state index is 6.09. The molecule has 2 aromatic heterocycles. The number of nitrogens with zero attached hydrogens (tertiary/aromatic N) is 6. The lowest BCUT2D eigenvalue weighted by molar-refractivity contribution is 0.106. The molecule has 2 aliphatic rings. The summed E-state index contributed by atoms with van der Waals surface area (Å²) in [5.41, 5.74) is 4.18. The van der Waals surface area contributed by atoms with Crippen LogP contribution in [-0.4, -0.2) is 72.3 Å². The fourth-order valence-corrected chi connectivity index (χ4v) is 4.85. The zero-order valence-corrected chi connectivity index (χ0v) is 22.1. The molecule has 3 aromatic rings. The Hall–Kier alpha value is -3.59. The summed E-state index contributed by atoms with van der Waals surface area (Å²) in [5, 5.41) is 6.73. The number of piperazine rings is 1. The van der Waals surface area contributed by atoms with Gasteiger partial charge in [0.15, 0.2) is 11.6 Å². The summed E-state index contributed by atoms with van der Waals surface area (Å²) in [6, 6.07) is 10.3. The van der Waals surface area contributed by atoms with Gasteiger partial charge in [-0.25, -0.2) is 9.97 Å². The van der Waals surface area contributed by atoms with Gasteiger partial charge >= 0.3 is 0 Å². The Bertz CT molecular complexity index is 1250. The van der Waals surface area contributed by atoms with E-state index >= 15 is 0 Å². The van der Waals surface area contributed by atoms with Gasteiger partial charge < -0.3 is 30.1 Å². The van der Waals surface area contributed by atoms with Crippen LogP contribution in [0.2, 0.25) is 0 Å². The molecule has 1 aromatic carbocycles. The molecule has 2 N–H and O–H groups in total. The van der Waals surface area contributed by atoms with Gasteiger partial charge in [-0.05, 0) is 70.6 Å². The van der Waals surface area contributed by atoms with Crippen LogP contribution in [0.25, 0.3) is 0 Å². The molecule has 190 valence electrons. The number of aryl methyl sites for hydroxylation is 2. The highest BCUT2D eigenvalue weighted by atomic mass is 16.5. The minimum absolute atomic E-state index is 0.247. The largest absolute Gasteiger partial charge is 0.482 e. The zero-order valence-electron chi connectivity index (χ0n) is 22.1. The number of ether oxygens (including phenoxy) is 1. The summed E-state index contributed by atoms with van der Waals surface area (Å²) in [7, 11) is 4.21. The Morgan fingerprint density at radius 2 is 1.69 bits per heavy atom. The van der Waals surface area contributed by atoms with Crippen LogP contribution in [0.3, 0.4) is 0 Å².